The van der Waals surface area contributed by atoms with Crippen LogP contribution >= 0.6 is 0 Å². The Morgan fingerprint density at radius 3 is 2.27 bits per heavy atom. The Balaban J connectivity index is 1.48. The number of aromatic hydroxyl groups is 1. The lowest BCUT2D eigenvalue weighted by molar-refractivity contribution is -0.133. The van der Waals surface area contributed by atoms with E-state index in [1.165, 1.54) is 0 Å². The second-order valence-corrected chi connectivity index (χ2v) is 5.77. The van der Waals surface area contributed by atoms with Gasteiger partial charge in [-0.15, -0.1) is 0 Å². The molecule has 2 aliphatic heterocycles. The number of hydrogen-bond donors (Lipinski definition) is 1. The average molecular weight is 305 g/mol. The second kappa shape index (κ2) is 6.98. The monoisotopic (exact) mass is 305 g/mol. The van der Waals surface area contributed by atoms with Crippen molar-refractivity contribution in [1.82, 2.24) is 9.80 Å². The first kappa shape index (κ1) is 15.1. The van der Waals surface area contributed by atoms with Gasteiger partial charge in [0.05, 0.1) is 19.8 Å². The number of anilines is 1. The van der Waals surface area contributed by atoms with Gasteiger partial charge in [-0.1, -0.05) is 0 Å². The summed E-state index contributed by atoms with van der Waals surface area (Å²) in [6.45, 7) is 6.82. The number of benzene rings is 1. The standard InChI is InChI=1S/C16H23N3O3/c20-15-3-1-14(2-4-15)18-5-7-19(8-6-18)16(21)13-17-9-11-22-12-10-17/h1-4,20H,5-13H2. The smallest absolute Gasteiger partial charge is 0.236 e. The minimum absolute atomic E-state index is 0.215. The number of carbonyl (C=O) groups is 1. The van der Waals surface area contributed by atoms with Crippen LogP contribution in [0.2, 0.25) is 0 Å². The number of nitrogens with zero attached hydrogens (tertiary/aromatic N) is 3. The van der Waals surface area contributed by atoms with E-state index < -0.39 is 0 Å². The Morgan fingerprint density at radius 2 is 1.64 bits per heavy atom. The normalized spacial score (nSPS) is 20.2. The van der Waals surface area contributed by atoms with Crippen LogP contribution in [0.5, 0.6) is 5.75 Å². The van der Waals surface area contributed by atoms with Gasteiger partial charge in [-0.25, -0.2) is 0 Å². The highest BCUT2D eigenvalue weighted by Gasteiger charge is 2.23. The van der Waals surface area contributed by atoms with Crippen molar-refractivity contribution in [2.45, 2.75) is 0 Å². The predicted molar refractivity (Wildman–Crippen MR) is 84.2 cm³/mol. The van der Waals surface area contributed by atoms with Gasteiger partial charge >= 0.3 is 0 Å². The molecule has 2 heterocycles. The summed E-state index contributed by atoms with van der Waals surface area (Å²) in [7, 11) is 0. The van der Waals surface area contributed by atoms with Gasteiger partial charge in [0.2, 0.25) is 5.91 Å². The minimum Gasteiger partial charge on any atom is -0.508 e. The third-order valence-corrected chi connectivity index (χ3v) is 4.31. The van der Waals surface area contributed by atoms with E-state index in [2.05, 4.69) is 9.80 Å². The predicted octanol–water partition coefficient (Wildman–Crippen LogP) is 0.373. The SMILES string of the molecule is O=C(CN1CCOCC1)N1CCN(c2ccc(O)cc2)CC1. The minimum atomic E-state index is 0.215. The summed E-state index contributed by atoms with van der Waals surface area (Å²) in [5.74, 6) is 0.496. The molecule has 0 radical (unpaired) electrons. The molecule has 6 heteroatoms. The van der Waals surface area contributed by atoms with Gasteiger partial charge in [0.25, 0.3) is 0 Å². The molecule has 0 saturated carbocycles. The van der Waals surface area contributed by atoms with E-state index >= 15 is 0 Å². The second-order valence-electron chi connectivity index (χ2n) is 5.77. The van der Waals surface area contributed by atoms with Crippen LogP contribution in [0, 0.1) is 0 Å². The van der Waals surface area contributed by atoms with Crippen molar-refractivity contribution < 1.29 is 14.6 Å². The topological polar surface area (TPSA) is 56.2 Å². The summed E-state index contributed by atoms with van der Waals surface area (Å²) in [6.07, 6.45) is 0. The lowest BCUT2D eigenvalue weighted by Gasteiger charge is -2.37. The lowest BCUT2D eigenvalue weighted by Crippen LogP contribution is -2.52. The zero-order valence-electron chi connectivity index (χ0n) is 12.8. The van der Waals surface area contributed by atoms with E-state index in [4.69, 9.17) is 4.74 Å². The molecule has 2 saturated heterocycles. The zero-order chi connectivity index (χ0) is 15.4. The Morgan fingerprint density at radius 1 is 1.00 bits per heavy atom. The van der Waals surface area contributed by atoms with Gasteiger partial charge in [-0.3, -0.25) is 9.69 Å². The van der Waals surface area contributed by atoms with Gasteiger partial charge in [0, 0.05) is 45.0 Å². The van der Waals surface area contributed by atoms with Crippen LogP contribution in [-0.2, 0) is 9.53 Å². The quantitative estimate of drug-likeness (QED) is 0.874. The summed E-state index contributed by atoms with van der Waals surface area (Å²) in [5, 5.41) is 9.34. The van der Waals surface area contributed by atoms with Crippen molar-refractivity contribution in [2.24, 2.45) is 0 Å². The molecular formula is C16H23N3O3. The molecule has 2 aliphatic rings. The summed E-state index contributed by atoms with van der Waals surface area (Å²) >= 11 is 0. The zero-order valence-corrected chi connectivity index (χ0v) is 12.8. The van der Waals surface area contributed by atoms with Crippen molar-refractivity contribution in [3.05, 3.63) is 24.3 Å². The van der Waals surface area contributed by atoms with Crippen LogP contribution in [0.15, 0.2) is 24.3 Å². The van der Waals surface area contributed by atoms with E-state index in [1.54, 1.807) is 12.1 Å². The number of amides is 1. The van der Waals surface area contributed by atoms with Gasteiger partial charge < -0.3 is 19.6 Å². The molecule has 120 valence electrons. The molecule has 0 atom stereocenters. The molecule has 0 aliphatic carbocycles. The molecule has 0 spiro atoms. The molecule has 3 rings (SSSR count). The third-order valence-electron chi connectivity index (χ3n) is 4.31. The first-order chi connectivity index (χ1) is 10.7. The molecule has 1 aromatic carbocycles. The summed E-state index contributed by atoms with van der Waals surface area (Å²) in [4.78, 5) is 18.7. The highest BCUT2D eigenvalue weighted by Crippen LogP contribution is 2.19. The van der Waals surface area contributed by atoms with Gasteiger partial charge in [0.1, 0.15) is 5.75 Å². The molecule has 1 N–H and O–H groups in total. The number of carbonyl (C=O) groups excluding carboxylic acids is 1. The average Bonchev–Trinajstić information content (AvgIpc) is 2.57. The third kappa shape index (κ3) is 3.69. The molecule has 0 aromatic heterocycles. The van der Waals surface area contributed by atoms with Crippen molar-refractivity contribution in [3.8, 4) is 5.75 Å². The number of rotatable bonds is 3. The van der Waals surface area contributed by atoms with Gasteiger partial charge in [-0.2, -0.15) is 0 Å². The van der Waals surface area contributed by atoms with Crippen molar-refractivity contribution in [1.29, 1.82) is 0 Å². The number of piperazine rings is 1. The Bertz CT molecular complexity index is 492. The maximum absolute atomic E-state index is 12.3. The van der Waals surface area contributed by atoms with E-state index in [0.29, 0.717) is 6.54 Å². The van der Waals surface area contributed by atoms with E-state index in [-0.39, 0.29) is 11.7 Å². The maximum Gasteiger partial charge on any atom is 0.236 e. The Hall–Kier alpha value is -1.79. The van der Waals surface area contributed by atoms with Crippen LogP contribution in [0.3, 0.4) is 0 Å². The number of hydrogen-bond acceptors (Lipinski definition) is 5. The molecule has 22 heavy (non-hydrogen) atoms. The highest BCUT2D eigenvalue weighted by molar-refractivity contribution is 5.78. The fourth-order valence-electron chi connectivity index (χ4n) is 2.93. The highest BCUT2D eigenvalue weighted by atomic mass is 16.5. The number of morpholine rings is 1. The lowest BCUT2D eigenvalue weighted by atomic mass is 10.2. The van der Waals surface area contributed by atoms with Crippen LogP contribution < -0.4 is 4.90 Å². The van der Waals surface area contributed by atoms with Crippen LogP contribution in [0.4, 0.5) is 5.69 Å². The van der Waals surface area contributed by atoms with Crippen LogP contribution in [0.1, 0.15) is 0 Å². The summed E-state index contributed by atoms with van der Waals surface area (Å²) in [6, 6.07) is 7.23. The molecule has 0 unspecified atom stereocenters. The number of ether oxygens (including phenoxy) is 1. The molecular weight excluding hydrogens is 282 g/mol. The van der Waals surface area contributed by atoms with Crippen LogP contribution in [0.25, 0.3) is 0 Å². The van der Waals surface area contributed by atoms with E-state index in [9.17, 15) is 9.90 Å². The largest absolute Gasteiger partial charge is 0.508 e. The molecule has 1 amide bonds. The fourth-order valence-corrected chi connectivity index (χ4v) is 2.93. The summed E-state index contributed by atoms with van der Waals surface area (Å²) < 4.78 is 5.31. The number of phenols is 1. The van der Waals surface area contributed by atoms with Crippen LogP contribution in [-0.4, -0.2) is 79.8 Å². The van der Waals surface area contributed by atoms with Gasteiger partial charge in [-0.05, 0) is 24.3 Å². The Labute approximate surface area is 130 Å². The Kier molecular flexibility index (Phi) is 4.80. The molecule has 0 bridgehead atoms. The molecule has 2 fully saturated rings. The molecule has 1 aromatic rings. The van der Waals surface area contributed by atoms with Crippen molar-refractivity contribution in [2.75, 3.05) is 63.9 Å². The van der Waals surface area contributed by atoms with Crippen molar-refractivity contribution in [3.63, 3.8) is 0 Å². The van der Waals surface area contributed by atoms with E-state index in [0.717, 1.165) is 58.2 Å². The first-order valence-corrected chi connectivity index (χ1v) is 7.84. The molecule has 6 nitrogen and oxygen atoms in total. The fraction of sp³-hybridized carbons (Fsp3) is 0.562. The number of phenolic OH excluding ortho intramolecular Hbond substituents is 1. The van der Waals surface area contributed by atoms with E-state index in [1.807, 2.05) is 17.0 Å². The van der Waals surface area contributed by atoms with Gasteiger partial charge in [0.15, 0.2) is 0 Å². The maximum atomic E-state index is 12.3. The first-order valence-electron chi connectivity index (χ1n) is 7.84. The van der Waals surface area contributed by atoms with Crippen molar-refractivity contribution >= 4 is 11.6 Å². The summed E-state index contributed by atoms with van der Waals surface area (Å²) in [5.41, 5.74) is 1.10.